The molecule has 0 aliphatic rings. The summed E-state index contributed by atoms with van der Waals surface area (Å²) in [5.74, 6) is -0.359. The van der Waals surface area contributed by atoms with Crippen molar-refractivity contribution in [3.63, 3.8) is 0 Å². The van der Waals surface area contributed by atoms with Crippen LogP contribution in [0.5, 0.6) is 0 Å². The van der Waals surface area contributed by atoms with Crippen molar-refractivity contribution in [3.8, 4) is 0 Å². The summed E-state index contributed by atoms with van der Waals surface area (Å²) in [6.45, 7) is 2.09. The van der Waals surface area contributed by atoms with Crippen molar-refractivity contribution in [2.24, 2.45) is 5.73 Å². The van der Waals surface area contributed by atoms with E-state index in [-0.39, 0.29) is 12.5 Å². The van der Waals surface area contributed by atoms with Gasteiger partial charge in [0.05, 0.1) is 0 Å². The van der Waals surface area contributed by atoms with Gasteiger partial charge in [-0.05, 0) is 19.1 Å². The molecule has 0 bridgehead atoms. The van der Waals surface area contributed by atoms with E-state index in [1.165, 1.54) is 11.3 Å². The molecule has 60 valence electrons. The van der Waals surface area contributed by atoms with Crippen LogP contribution in [-0.2, 0) is 11.3 Å². The lowest BCUT2D eigenvalue weighted by atomic mass is 10.5. The fourth-order valence-corrected chi connectivity index (χ4v) is 1.84. The Morgan fingerprint density at radius 2 is 2.55 bits per heavy atom. The lowest BCUT2D eigenvalue weighted by molar-refractivity contribution is -0.118. The van der Waals surface area contributed by atoms with Crippen LogP contribution in [0, 0.1) is 10.9 Å². The summed E-state index contributed by atoms with van der Waals surface area (Å²) in [5, 5.41) is 1.91. The van der Waals surface area contributed by atoms with E-state index in [2.05, 4.69) is 0 Å². The van der Waals surface area contributed by atoms with Crippen LogP contribution in [0.2, 0.25) is 0 Å². The van der Waals surface area contributed by atoms with Crippen molar-refractivity contribution < 1.29 is 4.79 Å². The molecule has 0 saturated carbocycles. The van der Waals surface area contributed by atoms with Crippen LogP contribution in [-0.4, -0.2) is 10.5 Å². The van der Waals surface area contributed by atoms with Gasteiger partial charge >= 0.3 is 0 Å². The van der Waals surface area contributed by atoms with E-state index in [1.54, 1.807) is 4.57 Å². The first-order chi connectivity index (χ1) is 5.11. The van der Waals surface area contributed by atoms with Crippen LogP contribution >= 0.6 is 23.6 Å². The molecule has 1 amide bonds. The van der Waals surface area contributed by atoms with E-state index in [0.717, 1.165) is 5.69 Å². The summed E-state index contributed by atoms with van der Waals surface area (Å²) in [4.78, 5) is 10.5. The molecule has 1 heterocycles. The van der Waals surface area contributed by atoms with Gasteiger partial charge in [-0.1, -0.05) is 0 Å². The third-order valence-electron chi connectivity index (χ3n) is 1.29. The zero-order valence-electron chi connectivity index (χ0n) is 6.03. The second-order valence-electron chi connectivity index (χ2n) is 2.20. The van der Waals surface area contributed by atoms with Gasteiger partial charge in [0.15, 0.2) is 3.95 Å². The molecule has 11 heavy (non-hydrogen) atoms. The molecule has 0 spiro atoms. The zero-order valence-corrected chi connectivity index (χ0v) is 7.67. The van der Waals surface area contributed by atoms with E-state index < -0.39 is 0 Å². The number of carbonyl (C=O) groups excluding carboxylic acids is 1. The van der Waals surface area contributed by atoms with E-state index in [1.807, 2.05) is 12.3 Å². The van der Waals surface area contributed by atoms with Crippen molar-refractivity contribution >= 4 is 29.5 Å². The fourth-order valence-electron chi connectivity index (χ4n) is 0.752. The number of nitrogens with two attached hydrogens (primary N) is 1. The maximum atomic E-state index is 10.5. The summed E-state index contributed by atoms with van der Waals surface area (Å²) in [6.07, 6.45) is 0. The summed E-state index contributed by atoms with van der Waals surface area (Å²) in [6, 6.07) is 0. The Bertz CT molecular complexity index is 326. The molecule has 1 rings (SSSR count). The largest absolute Gasteiger partial charge is 0.368 e. The van der Waals surface area contributed by atoms with E-state index in [0.29, 0.717) is 3.95 Å². The predicted molar refractivity (Wildman–Crippen MR) is 47.1 cm³/mol. The standard InChI is InChI=1S/C6H8N2OS2/c1-4-3-11-6(10)8(4)2-5(7)9/h3H,2H2,1H3,(H2,7,9). The lowest BCUT2D eigenvalue weighted by Crippen LogP contribution is -2.19. The van der Waals surface area contributed by atoms with Crippen LogP contribution in [0.25, 0.3) is 0 Å². The average molecular weight is 188 g/mol. The van der Waals surface area contributed by atoms with Gasteiger partial charge in [-0.3, -0.25) is 4.79 Å². The number of primary amides is 1. The van der Waals surface area contributed by atoms with Gasteiger partial charge in [-0.15, -0.1) is 11.3 Å². The van der Waals surface area contributed by atoms with E-state index in [9.17, 15) is 4.79 Å². The lowest BCUT2D eigenvalue weighted by Gasteiger charge is -1.99. The van der Waals surface area contributed by atoms with Crippen LogP contribution in [0.3, 0.4) is 0 Å². The summed E-state index contributed by atoms with van der Waals surface area (Å²) >= 11 is 6.41. The van der Waals surface area contributed by atoms with Gasteiger partial charge in [-0.2, -0.15) is 0 Å². The molecule has 0 aromatic carbocycles. The minimum atomic E-state index is -0.359. The summed E-state index contributed by atoms with van der Waals surface area (Å²) in [5.41, 5.74) is 6.00. The molecule has 0 fully saturated rings. The van der Waals surface area contributed by atoms with Crippen LogP contribution < -0.4 is 5.73 Å². The smallest absolute Gasteiger partial charge is 0.237 e. The molecule has 1 aromatic heterocycles. The minimum absolute atomic E-state index is 0.189. The van der Waals surface area contributed by atoms with E-state index >= 15 is 0 Å². The zero-order chi connectivity index (χ0) is 8.43. The third-order valence-corrected chi connectivity index (χ3v) is 2.68. The molecule has 0 aliphatic heterocycles. The molecule has 0 unspecified atom stereocenters. The third kappa shape index (κ3) is 1.87. The van der Waals surface area contributed by atoms with Gasteiger partial charge in [0.2, 0.25) is 5.91 Å². The molecule has 0 atom stereocenters. The summed E-state index contributed by atoms with van der Waals surface area (Å²) in [7, 11) is 0. The first-order valence-electron chi connectivity index (χ1n) is 3.04. The highest BCUT2D eigenvalue weighted by Gasteiger charge is 2.01. The highest BCUT2D eigenvalue weighted by Crippen LogP contribution is 2.08. The van der Waals surface area contributed by atoms with Gasteiger partial charge in [0.25, 0.3) is 0 Å². The fraction of sp³-hybridized carbons (Fsp3) is 0.333. The first-order valence-corrected chi connectivity index (χ1v) is 4.33. The molecule has 0 radical (unpaired) electrons. The predicted octanol–water partition coefficient (Wildman–Crippen LogP) is 1.07. The monoisotopic (exact) mass is 188 g/mol. The molecular weight excluding hydrogens is 180 g/mol. The maximum Gasteiger partial charge on any atom is 0.237 e. The Morgan fingerprint density at radius 1 is 1.91 bits per heavy atom. The average Bonchev–Trinajstić information content (AvgIpc) is 2.18. The Balaban J connectivity index is 3.01. The molecule has 0 aliphatic carbocycles. The topological polar surface area (TPSA) is 48.0 Å². The SMILES string of the molecule is Cc1csc(=S)n1CC(N)=O. The number of thiazole rings is 1. The normalized spacial score (nSPS) is 9.91. The quantitative estimate of drug-likeness (QED) is 0.706. The van der Waals surface area contributed by atoms with Crippen molar-refractivity contribution in [1.82, 2.24) is 4.57 Å². The number of rotatable bonds is 2. The van der Waals surface area contributed by atoms with E-state index in [4.69, 9.17) is 18.0 Å². The first kappa shape index (κ1) is 8.42. The van der Waals surface area contributed by atoms with Gasteiger partial charge in [0.1, 0.15) is 6.54 Å². The highest BCUT2D eigenvalue weighted by molar-refractivity contribution is 7.73. The van der Waals surface area contributed by atoms with Crippen molar-refractivity contribution in [3.05, 3.63) is 15.0 Å². The van der Waals surface area contributed by atoms with Gasteiger partial charge in [-0.25, -0.2) is 0 Å². The van der Waals surface area contributed by atoms with Crippen LogP contribution in [0.15, 0.2) is 5.38 Å². The molecule has 0 saturated heterocycles. The minimum Gasteiger partial charge on any atom is -0.368 e. The molecule has 1 aromatic rings. The molecule has 3 nitrogen and oxygen atoms in total. The number of nitrogens with zero attached hydrogens (tertiary/aromatic N) is 1. The van der Waals surface area contributed by atoms with Gasteiger partial charge in [0, 0.05) is 11.1 Å². The second-order valence-corrected chi connectivity index (χ2v) is 3.70. The number of hydrogen-bond donors (Lipinski definition) is 1. The van der Waals surface area contributed by atoms with Crippen molar-refractivity contribution in [2.75, 3.05) is 0 Å². The number of hydrogen-bond acceptors (Lipinski definition) is 3. The Kier molecular flexibility index (Phi) is 2.41. The Hall–Kier alpha value is -0.680. The van der Waals surface area contributed by atoms with Crippen molar-refractivity contribution in [2.45, 2.75) is 13.5 Å². The number of carbonyl (C=O) groups is 1. The van der Waals surface area contributed by atoms with Crippen molar-refractivity contribution in [1.29, 1.82) is 0 Å². The number of aryl methyl sites for hydroxylation is 1. The highest BCUT2D eigenvalue weighted by atomic mass is 32.1. The second kappa shape index (κ2) is 3.15. The van der Waals surface area contributed by atoms with Crippen LogP contribution in [0.4, 0.5) is 0 Å². The van der Waals surface area contributed by atoms with Crippen LogP contribution in [0.1, 0.15) is 5.69 Å². The number of aromatic nitrogens is 1. The number of amides is 1. The maximum absolute atomic E-state index is 10.5. The Labute approximate surface area is 73.5 Å². The molecule has 2 N–H and O–H groups in total. The Morgan fingerprint density at radius 3 is 2.91 bits per heavy atom. The molecule has 5 heteroatoms. The van der Waals surface area contributed by atoms with Gasteiger partial charge < -0.3 is 10.3 Å². The molecular formula is C6H8N2OS2. The summed E-state index contributed by atoms with van der Waals surface area (Å²) < 4.78 is 2.42.